The van der Waals surface area contributed by atoms with Crippen LogP contribution >= 0.6 is 0 Å². The molecule has 0 radical (unpaired) electrons. The van der Waals surface area contributed by atoms with Gasteiger partial charge in [0.05, 0.1) is 10.5 Å². The molecule has 0 aromatic heterocycles. The molecule has 2 N–H and O–H groups in total. The smallest absolute Gasteiger partial charge is 0.339 e. The molecule has 1 amide bonds. The summed E-state index contributed by atoms with van der Waals surface area (Å²) in [6.07, 6.45) is 0.446. The molecule has 9 heteroatoms. The maximum absolute atomic E-state index is 13.4. The van der Waals surface area contributed by atoms with Crippen molar-refractivity contribution in [3.8, 4) is 0 Å². The first-order valence-corrected chi connectivity index (χ1v) is 10.0. The molecular formula is C19H19FN2O5S. The summed E-state index contributed by atoms with van der Waals surface area (Å²) < 4.78 is 41.4. The predicted octanol–water partition coefficient (Wildman–Crippen LogP) is 1.92. The molecule has 0 aliphatic carbocycles. The maximum Gasteiger partial charge on any atom is 0.339 e. The number of ether oxygens (including phenoxy) is 1. The number of carbonyl (C=O) groups excluding carboxylic acids is 2. The van der Waals surface area contributed by atoms with Crippen LogP contribution in [-0.4, -0.2) is 32.9 Å². The number of esters is 1. The lowest BCUT2D eigenvalue weighted by atomic mass is 10.1. The van der Waals surface area contributed by atoms with Crippen LogP contribution in [0.5, 0.6) is 0 Å². The fourth-order valence-corrected chi connectivity index (χ4v) is 3.82. The SMILES string of the molecule is Cc1ccc(F)cc1C(=O)OCC(=O)N1c2ccc(S(N)(=O)=O)cc2CC1C. The zero-order valence-corrected chi connectivity index (χ0v) is 16.1. The summed E-state index contributed by atoms with van der Waals surface area (Å²) in [7, 11) is -3.84. The number of halogens is 1. The Morgan fingerprint density at radius 2 is 1.96 bits per heavy atom. The third-order valence-electron chi connectivity index (χ3n) is 4.61. The van der Waals surface area contributed by atoms with Crippen molar-refractivity contribution in [1.82, 2.24) is 0 Å². The molecule has 148 valence electrons. The van der Waals surface area contributed by atoms with E-state index in [0.717, 1.165) is 6.07 Å². The van der Waals surface area contributed by atoms with Crippen molar-refractivity contribution in [3.63, 3.8) is 0 Å². The van der Waals surface area contributed by atoms with E-state index in [2.05, 4.69) is 0 Å². The number of benzene rings is 2. The van der Waals surface area contributed by atoms with E-state index in [1.807, 2.05) is 0 Å². The van der Waals surface area contributed by atoms with Crippen LogP contribution in [0.15, 0.2) is 41.3 Å². The number of anilines is 1. The number of fused-ring (bicyclic) bond motifs is 1. The molecule has 0 saturated heterocycles. The summed E-state index contributed by atoms with van der Waals surface area (Å²) in [5.74, 6) is -1.82. The van der Waals surface area contributed by atoms with Crippen LogP contribution in [0.1, 0.15) is 28.4 Å². The average molecular weight is 406 g/mol. The molecule has 2 aromatic rings. The first-order chi connectivity index (χ1) is 13.1. The van der Waals surface area contributed by atoms with Crippen molar-refractivity contribution >= 4 is 27.6 Å². The summed E-state index contributed by atoms with van der Waals surface area (Å²) in [5.41, 5.74) is 1.80. The van der Waals surface area contributed by atoms with Gasteiger partial charge in [-0.25, -0.2) is 22.7 Å². The van der Waals surface area contributed by atoms with E-state index in [4.69, 9.17) is 9.88 Å². The van der Waals surface area contributed by atoms with Crippen molar-refractivity contribution < 1.29 is 27.1 Å². The Morgan fingerprint density at radius 1 is 1.25 bits per heavy atom. The van der Waals surface area contributed by atoms with E-state index in [9.17, 15) is 22.4 Å². The number of sulfonamides is 1. The number of primary sulfonamides is 1. The summed E-state index contributed by atoms with van der Waals surface area (Å²) in [6.45, 7) is 2.92. The molecule has 0 fully saturated rings. The quantitative estimate of drug-likeness (QED) is 0.781. The molecule has 2 aromatic carbocycles. The minimum Gasteiger partial charge on any atom is -0.452 e. The second kappa shape index (κ2) is 7.33. The van der Waals surface area contributed by atoms with Gasteiger partial charge < -0.3 is 9.64 Å². The fraction of sp³-hybridized carbons (Fsp3) is 0.263. The Morgan fingerprint density at radius 3 is 2.64 bits per heavy atom. The zero-order chi connectivity index (χ0) is 20.6. The van der Waals surface area contributed by atoms with Crippen LogP contribution in [0.2, 0.25) is 0 Å². The first-order valence-electron chi connectivity index (χ1n) is 8.49. The van der Waals surface area contributed by atoms with Crippen LogP contribution in [-0.2, 0) is 26.0 Å². The highest BCUT2D eigenvalue weighted by Crippen LogP contribution is 2.33. The van der Waals surface area contributed by atoms with E-state index in [-0.39, 0.29) is 16.5 Å². The Hall–Kier alpha value is -2.78. The Balaban J connectivity index is 1.75. The average Bonchev–Trinajstić information content (AvgIpc) is 2.95. The van der Waals surface area contributed by atoms with Gasteiger partial charge in [-0.15, -0.1) is 0 Å². The first kappa shape index (κ1) is 20.0. The minimum absolute atomic E-state index is 0.0271. The second-order valence-electron chi connectivity index (χ2n) is 6.69. The van der Waals surface area contributed by atoms with Crippen molar-refractivity contribution in [2.75, 3.05) is 11.5 Å². The fourth-order valence-electron chi connectivity index (χ4n) is 3.25. The number of amides is 1. The molecule has 7 nitrogen and oxygen atoms in total. The molecule has 0 spiro atoms. The number of hydrogen-bond donors (Lipinski definition) is 1. The lowest BCUT2D eigenvalue weighted by Crippen LogP contribution is -2.38. The van der Waals surface area contributed by atoms with Gasteiger partial charge in [0.1, 0.15) is 5.82 Å². The van der Waals surface area contributed by atoms with E-state index in [0.29, 0.717) is 23.2 Å². The van der Waals surface area contributed by atoms with Crippen LogP contribution < -0.4 is 10.0 Å². The largest absolute Gasteiger partial charge is 0.452 e. The van der Waals surface area contributed by atoms with Gasteiger partial charge >= 0.3 is 5.97 Å². The summed E-state index contributed by atoms with van der Waals surface area (Å²) in [6, 6.07) is 7.78. The minimum atomic E-state index is -3.84. The standard InChI is InChI=1S/C19H19FN2O5S/c1-11-3-4-14(20)9-16(11)19(24)27-10-18(23)22-12(2)7-13-8-15(28(21,25)26)5-6-17(13)22/h3-6,8-9,12H,7,10H2,1-2H3,(H2,21,25,26). The molecule has 1 aliphatic rings. The zero-order valence-electron chi connectivity index (χ0n) is 15.3. The van der Waals surface area contributed by atoms with Crippen LogP contribution in [0.3, 0.4) is 0 Å². The summed E-state index contributed by atoms with van der Waals surface area (Å²) in [4.78, 5) is 26.2. The third-order valence-corrected chi connectivity index (χ3v) is 5.52. The van der Waals surface area contributed by atoms with Gasteiger partial charge in [-0.3, -0.25) is 4.79 Å². The van der Waals surface area contributed by atoms with Crippen molar-refractivity contribution in [2.45, 2.75) is 31.2 Å². The van der Waals surface area contributed by atoms with Crippen LogP contribution in [0.4, 0.5) is 10.1 Å². The molecule has 1 atom stereocenters. The van der Waals surface area contributed by atoms with Gasteiger partial charge in [-0.05, 0) is 61.7 Å². The number of hydrogen-bond acceptors (Lipinski definition) is 5. The Bertz CT molecular complexity index is 1070. The highest BCUT2D eigenvalue weighted by atomic mass is 32.2. The summed E-state index contributed by atoms with van der Waals surface area (Å²) in [5, 5.41) is 5.15. The summed E-state index contributed by atoms with van der Waals surface area (Å²) >= 11 is 0. The lowest BCUT2D eigenvalue weighted by molar-refractivity contribution is -0.122. The van der Waals surface area contributed by atoms with Gasteiger partial charge in [0, 0.05) is 11.7 Å². The van der Waals surface area contributed by atoms with Gasteiger partial charge in [-0.2, -0.15) is 0 Å². The Kier molecular flexibility index (Phi) is 5.22. The number of aryl methyl sites for hydroxylation is 1. The topological polar surface area (TPSA) is 107 Å². The van der Waals surface area contributed by atoms with E-state index in [1.54, 1.807) is 13.8 Å². The molecule has 28 heavy (non-hydrogen) atoms. The highest BCUT2D eigenvalue weighted by molar-refractivity contribution is 7.89. The predicted molar refractivity (Wildman–Crippen MR) is 99.9 cm³/mol. The van der Waals surface area contributed by atoms with E-state index in [1.165, 1.54) is 35.2 Å². The molecule has 1 aliphatic heterocycles. The van der Waals surface area contributed by atoms with Gasteiger partial charge in [-0.1, -0.05) is 6.07 Å². The lowest BCUT2D eigenvalue weighted by Gasteiger charge is -2.22. The highest BCUT2D eigenvalue weighted by Gasteiger charge is 2.32. The van der Waals surface area contributed by atoms with E-state index >= 15 is 0 Å². The van der Waals surface area contributed by atoms with Crippen molar-refractivity contribution in [2.24, 2.45) is 5.14 Å². The van der Waals surface area contributed by atoms with Crippen molar-refractivity contribution in [3.05, 3.63) is 58.9 Å². The maximum atomic E-state index is 13.4. The molecule has 0 saturated carbocycles. The number of carbonyl (C=O) groups is 2. The third kappa shape index (κ3) is 3.90. The Labute approximate surface area is 161 Å². The van der Waals surface area contributed by atoms with Gasteiger partial charge in [0.2, 0.25) is 10.0 Å². The van der Waals surface area contributed by atoms with Gasteiger partial charge in [0.25, 0.3) is 5.91 Å². The molecule has 3 rings (SSSR count). The van der Waals surface area contributed by atoms with E-state index < -0.39 is 34.3 Å². The molecule has 0 bridgehead atoms. The second-order valence-corrected chi connectivity index (χ2v) is 8.25. The van der Waals surface area contributed by atoms with Crippen LogP contribution in [0.25, 0.3) is 0 Å². The monoisotopic (exact) mass is 406 g/mol. The number of rotatable bonds is 4. The molecule has 1 heterocycles. The number of nitrogens with zero attached hydrogens (tertiary/aromatic N) is 1. The van der Waals surface area contributed by atoms with Gasteiger partial charge in [0.15, 0.2) is 6.61 Å². The molecule has 1 unspecified atom stereocenters. The van der Waals surface area contributed by atoms with Crippen LogP contribution in [0, 0.1) is 12.7 Å². The van der Waals surface area contributed by atoms with Crippen molar-refractivity contribution in [1.29, 1.82) is 0 Å². The molecular weight excluding hydrogens is 387 g/mol. The normalized spacial score (nSPS) is 16.0. The number of nitrogens with two attached hydrogens (primary N) is 1.